The van der Waals surface area contributed by atoms with Gasteiger partial charge < -0.3 is 10.6 Å². The fourth-order valence-electron chi connectivity index (χ4n) is 2.61. The third kappa shape index (κ3) is 3.67. The van der Waals surface area contributed by atoms with Gasteiger partial charge in [0.05, 0.1) is 0 Å². The van der Waals surface area contributed by atoms with Gasteiger partial charge in [0.25, 0.3) is 0 Å². The monoisotopic (exact) mass is 295 g/mol. The van der Waals surface area contributed by atoms with Crippen LogP contribution in [0.3, 0.4) is 0 Å². The van der Waals surface area contributed by atoms with Crippen molar-refractivity contribution in [3.8, 4) is 0 Å². The van der Waals surface area contributed by atoms with Gasteiger partial charge in [-0.1, -0.05) is 26.1 Å². The van der Waals surface area contributed by atoms with E-state index >= 15 is 0 Å². The average molecular weight is 295 g/mol. The van der Waals surface area contributed by atoms with Crippen LogP contribution in [0.2, 0.25) is 0 Å². The summed E-state index contributed by atoms with van der Waals surface area (Å²) in [5.74, 6) is 0.350. The van der Waals surface area contributed by atoms with E-state index in [1.807, 2.05) is 6.07 Å². The SMILES string of the molecule is CC(C)CN1CCN(c2ccc(C(N)=S)c(F)c2)CC1. The summed E-state index contributed by atoms with van der Waals surface area (Å²) in [6, 6.07) is 5.11. The molecule has 1 aliphatic heterocycles. The maximum Gasteiger partial charge on any atom is 0.135 e. The first-order chi connectivity index (χ1) is 9.47. The Morgan fingerprint density at radius 2 is 1.95 bits per heavy atom. The number of hydrogen-bond donors (Lipinski definition) is 1. The van der Waals surface area contributed by atoms with Crippen LogP contribution < -0.4 is 10.6 Å². The highest BCUT2D eigenvalue weighted by Crippen LogP contribution is 2.20. The number of nitrogens with zero attached hydrogens (tertiary/aromatic N) is 2. The summed E-state index contributed by atoms with van der Waals surface area (Å²) in [6.07, 6.45) is 0. The van der Waals surface area contributed by atoms with Crippen LogP contribution in [-0.4, -0.2) is 42.6 Å². The number of benzene rings is 1. The molecule has 1 aromatic rings. The third-order valence-corrected chi connectivity index (χ3v) is 3.80. The normalized spacial score (nSPS) is 16.7. The van der Waals surface area contributed by atoms with Crippen molar-refractivity contribution in [1.82, 2.24) is 4.90 Å². The summed E-state index contributed by atoms with van der Waals surface area (Å²) in [5.41, 5.74) is 6.71. The van der Waals surface area contributed by atoms with Gasteiger partial charge in [0.1, 0.15) is 10.8 Å². The summed E-state index contributed by atoms with van der Waals surface area (Å²) in [7, 11) is 0. The maximum absolute atomic E-state index is 13.9. The van der Waals surface area contributed by atoms with E-state index in [0.717, 1.165) is 38.4 Å². The Labute approximate surface area is 125 Å². The van der Waals surface area contributed by atoms with E-state index in [-0.39, 0.29) is 10.8 Å². The molecule has 2 N–H and O–H groups in total. The van der Waals surface area contributed by atoms with Gasteiger partial charge in [-0.25, -0.2) is 4.39 Å². The average Bonchev–Trinajstić information content (AvgIpc) is 2.38. The number of nitrogens with two attached hydrogens (primary N) is 1. The van der Waals surface area contributed by atoms with Crippen LogP contribution in [0.4, 0.5) is 10.1 Å². The Bertz CT molecular complexity index is 482. The molecule has 1 fully saturated rings. The molecule has 0 radical (unpaired) electrons. The molecule has 3 nitrogen and oxygen atoms in total. The lowest BCUT2D eigenvalue weighted by atomic mass is 10.1. The molecule has 0 atom stereocenters. The van der Waals surface area contributed by atoms with E-state index in [0.29, 0.717) is 11.5 Å². The van der Waals surface area contributed by atoms with E-state index in [1.165, 1.54) is 6.07 Å². The quantitative estimate of drug-likeness (QED) is 0.864. The summed E-state index contributed by atoms with van der Waals surface area (Å²) in [5, 5.41) is 0. The zero-order valence-corrected chi connectivity index (χ0v) is 12.9. The molecular weight excluding hydrogens is 273 g/mol. The summed E-state index contributed by atoms with van der Waals surface area (Å²) in [4.78, 5) is 4.78. The van der Waals surface area contributed by atoms with Gasteiger partial charge in [-0.15, -0.1) is 0 Å². The first-order valence-corrected chi connectivity index (χ1v) is 7.45. The van der Waals surface area contributed by atoms with Crippen LogP contribution in [0.15, 0.2) is 18.2 Å². The topological polar surface area (TPSA) is 32.5 Å². The van der Waals surface area contributed by atoms with E-state index in [1.54, 1.807) is 6.07 Å². The minimum absolute atomic E-state index is 0.107. The lowest BCUT2D eigenvalue weighted by molar-refractivity contribution is 0.231. The van der Waals surface area contributed by atoms with Gasteiger partial charge in [0, 0.05) is 44.0 Å². The first kappa shape index (κ1) is 15.2. The second kappa shape index (κ2) is 6.50. The Hall–Kier alpha value is -1.20. The van der Waals surface area contributed by atoms with Crippen LogP contribution in [0, 0.1) is 11.7 Å². The summed E-state index contributed by atoms with van der Waals surface area (Å²) < 4.78 is 13.9. The fourth-order valence-corrected chi connectivity index (χ4v) is 2.77. The molecule has 20 heavy (non-hydrogen) atoms. The number of piperazine rings is 1. The molecule has 110 valence electrons. The molecular formula is C15H22FN3S. The molecule has 5 heteroatoms. The lowest BCUT2D eigenvalue weighted by Gasteiger charge is -2.36. The van der Waals surface area contributed by atoms with E-state index < -0.39 is 0 Å². The predicted molar refractivity (Wildman–Crippen MR) is 85.8 cm³/mol. The lowest BCUT2D eigenvalue weighted by Crippen LogP contribution is -2.47. The number of rotatable bonds is 4. The van der Waals surface area contributed by atoms with Gasteiger partial charge >= 0.3 is 0 Å². The molecule has 1 aromatic carbocycles. The molecule has 0 aromatic heterocycles. The smallest absolute Gasteiger partial charge is 0.135 e. The van der Waals surface area contributed by atoms with Crippen molar-refractivity contribution in [1.29, 1.82) is 0 Å². The Kier molecular flexibility index (Phi) is 4.94. The van der Waals surface area contributed by atoms with E-state index in [4.69, 9.17) is 18.0 Å². The molecule has 0 aliphatic carbocycles. The van der Waals surface area contributed by atoms with Crippen LogP contribution >= 0.6 is 12.2 Å². The highest BCUT2D eigenvalue weighted by atomic mass is 32.1. The van der Waals surface area contributed by atoms with Crippen LogP contribution in [0.25, 0.3) is 0 Å². The van der Waals surface area contributed by atoms with Crippen molar-refractivity contribution in [3.63, 3.8) is 0 Å². The van der Waals surface area contributed by atoms with Crippen molar-refractivity contribution < 1.29 is 4.39 Å². The van der Waals surface area contributed by atoms with E-state index in [2.05, 4.69) is 23.6 Å². The number of hydrogen-bond acceptors (Lipinski definition) is 3. The highest BCUT2D eigenvalue weighted by Gasteiger charge is 2.18. The van der Waals surface area contributed by atoms with E-state index in [9.17, 15) is 4.39 Å². The largest absolute Gasteiger partial charge is 0.389 e. The van der Waals surface area contributed by atoms with Gasteiger partial charge in [0.2, 0.25) is 0 Å². The number of anilines is 1. The molecule has 0 bridgehead atoms. The molecule has 1 heterocycles. The van der Waals surface area contributed by atoms with Crippen molar-refractivity contribution >= 4 is 22.9 Å². The standard InChI is InChI=1S/C15H22FN3S/c1-11(2)10-18-5-7-19(8-6-18)12-3-4-13(15(17)20)14(16)9-12/h3-4,9,11H,5-8,10H2,1-2H3,(H2,17,20). The van der Waals surface area contributed by atoms with Crippen molar-refractivity contribution in [2.75, 3.05) is 37.6 Å². The van der Waals surface area contributed by atoms with Gasteiger partial charge in [-0.3, -0.25) is 4.90 Å². The Balaban J connectivity index is 2.00. The second-order valence-electron chi connectivity index (χ2n) is 5.71. The van der Waals surface area contributed by atoms with Crippen molar-refractivity contribution in [3.05, 3.63) is 29.6 Å². The van der Waals surface area contributed by atoms with Gasteiger partial charge in [0.15, 0.2) is 0 Å². The molecule has 0 spiro atoms. The molecule has 2 rings (SSSR count). The first-order valence-electron chi connectivity index (χ1n) is 7.04. The number of thiocarbonyl (C=S) groups is 1. The van der Waals surface area contributed by atoms with Gasteiger partial charge in [-0.2, -0.15) is 0 Å². The summed E-state index contributed by atoms with van der Waals surface area (Å²) >= 11 is 4.82. The third-order valence-electron chi connectivity index (χ3n) is 3.58. The van der Waals surface area contributed by atoms with Crippen molar-refractivity contribution in [2.24, 2.45) is 11.7 Å². The molecule has 1 aliphatic rings. The second-order valence-corrected chi connectivity index (χ2v) is 6.15. The van der Waals surface area contributed by atoms with Crippen LogP contribution in [0.5, 0.6) is 0 Å². The minimum atomic E-state index is -0.334. The minimum Gasteiger partial charge on any atom is -0.389 e. The molecule has 0 unspecified atom stereocenters. The van der Waals surface area contributed by atoms with Gasteiger partial charge in [-0.05, 0) is 24.1 Å². The zero-order chi connectivity index (χ0) is 14.7. The predicted octanol–water partition coefficient (Wildman–Crippen LogP) is 2.24. The summed E-state index contributed by atoms with van der Waals surface area (Å²) in [6.45, 7) is 9.50. The Morgan fingerprint density at radius 3 is 2.45 bits per heavy atom. The van der Waals surface area contributed by atoms with Crippen LogP contribution in [-0.2, 0) is 0 Å². The van der Waals surface area contributed by atoms with Crippen LogP contribution in [0.1, 0.15) is 19.4 Å². The molecule has 1 saturated heterocycles. The number of halogens is 1. The maximum atomic E-state index is 13.9. The zero-order valence-electron chi connectivity index (χ0n) is 12.1. The molecule has 0 saturated carbocycles. The molecule has 0 amide bonds. The fraction of sp³-hybridized carbons (Fsp3) is 0.533. The Morgan fingerprint density at radius 1 is 1.30 bits per heavy atom. The van der Waals surface area contributed by atoms with Crippen molar-refractivity contribution in [2.45, 2.75) is 13.8 Å². The highest BCUT2D eigenvalue weighted by molar-refractivity contribution is 7.80.